The molecule has 1 unspecified atom stereocenters. The Bertz CT molecular complexity index is 983. The molecule has 162 valence electrons. The molecule has 30 heavy (non-hydrogen) atoms. The second kappa shape index (κ2) is 9.18. The molecule has 1 fully saturated rings. The van der Waals surface area contributed by atoms with Crippen LogP contribution in [0.15, 0.2) is 57.9 Å². The van der Waals surface area contributed by atoms with Gasteiger partial charge >= 0.3 is 0 Å². The fraction of sp³-hybridized carbons (Fsp3) is 0.409. The number of amides is 1. The number of rotatable bonds is 6. The number of sulfonamides is 1. The molecule has 3 rings (SSSR count). The normalized spacial score (nSPS) is 17.5. The Labute approximate surface area is 186 Å². The van der Waals surface area contributed by atoms with Crippen LogP contribution in [-0.4, -0.2) is 45.9 Å². The lowest BCUT2D eigenvalue weighted by molar-refractivity contribution is -0.131. The van der Waals surface area contributed by atoms with Gasteiger partial charge in [-0.25, -0.2) is 12.7 Å². The molecule has 0 aliphatic carbocycles. The van der Waals surface area contributed by atoms with Crippen LogP contribution in [0, 0.1) is 0 Å². The number of carbonyl (C=O) groups is 1. The number of nitrogens with zero attached hydrogens (tertiary/aromatic N) is 1. The summed E-state index contributed by atoms with van der Waals surface area (Å²) in [5.74, 6) is -0.0365. The van der Waals surface area contributed by atoms with Crippen molar-refractivity contribution in [2.24, 2.45) is 0 Å². The van der Waals surface area contributed by atoms with Crippen LogP contribution < -0.4 is 5.32 Å². The number of hydrogen-bond acceptors (Lipinski definition) is 4. The Balaban J connectivity index is 1.81. The predicted molar refractivity (Wildman–Crippen MR) is 120 cm³/mol. The summed E-state index contributed by atoms with van der Waals surface area (Å²) in [7, 11) is -0.478. The predicted octanol–water partition coefficient (Wildman–Crippen LogP) is 3.63. The fourth-order valence-electron chi connectivity index (χ4n) is 3.69. The molecule has 0 aromatic heterocycles. The Morgan fingerprint density at radius 1 is 1.07 bits per heavy atom. The van der Waals surface area contributed by atoms with Crippen LogP contribution in [0.5, 0.6) is 0 Å². The van der Waals surface area contributed by atoms with Crippen LogP contribution in [-0.2, 0) is 25.0 Å². The van der Waals surface area contributed by atoms with Crippen LogP contribution in [0.25, 0.3) is 0 Å². The van der Waals surface area contributed by atoms with E-state index < -0.39 is 15.4 Å². The van der Waals surface area contributed by atoms with E-state index in [1.54, 1.807) is 24.3 Å². The molecule has 2 aromatic carbocycles. The van der Waals surface area contributed by atoms with E-state index in [4.69, 9.17) is 4.74 Å². The van der Waals surface area contributed by atoms with Gasteiger partial charge in [-0.1, -0.05) is 40.2 Å². The Kier molecular flexibility index (Phi) is 7.02. The highest BCUT2D eigenvalue weighted by Crippen LogP contribution is 2.36. The van der Waals surface area contributed by atoms with Gasteiger partial charge in [-0.15, -0.1) is 0 Å². The van der Waals surface area contributed by atoms with E-state index in [-0.39, 0.29) is 16.8 Å². The van der Waals surface area contributed by atoms with Gasteiger partial charge < -0.3 is 10.1 Å². The molecule has 0 bridgehead atoms. The Hall–Kier alpha value is -1.74. The van der Waals surface area contributed by atoms with Crippen molar-refractivity contribution in [1.82, 2.24) is 9.62 Å². The lowest BCUT2D eigenvalue weighted by Crippen LogP contribution is -2.48. The highest BCUT2D eigenvalue weighted by Gasteiger charge is 2.42. The first kappa shape index (κ1) is 22.9. The summed E-state index contributed by atoms with van der Waals surface area (Å²) in [5, 5.41) is 3.13. The summed E-state index contributed by atoms with van der Waals surface area (Å²) in [4.78, 5) is 13.7. The summed E-state index contributed by atoms with van der Waals surface area (Å²) < 4.78 is 32.2. The number of carbonyl (C=O) groups excluding carboxylic acids is 1. The quantitative estimate of drug-likeness (QED) is 0.665. The van der Waals surface area contributed by atoms with Crippen molar-refractivity contribution in [3.05, 3.63) is 64.1 Å². The van der Waals surface area contributed by atoms with Crippen molar-refractivity contribution >= 4 is 31.9 Å². The maximum absolute atomic E-state index is 13.4. The molecule has 1 aliphatic heterocycles. The lowest BCUT2D eigenvalue weighted by atomic mass is 9.73. The third-order valence-electron chi connectivity index (χ3n) is 5.68. The van der Waals surface area contributed by atoms with Gasteiger partial charge in [0.2, 0.25) is 15.9 Å². The SMILES string of the molecule is CC(NC(=O)C1(c2ccc(Br)cc2)CCOCC1)c1ccc(S(=O)(=O)N(C)C)cc1. The van der Waals surface area contributed by atoms with Crippen molar-refractivity contribution < 1.29 is 17.9 Å². The zero-order valence-corrected chi connectivity index (χ0v) is 19.8. The number of hydrogen-bond donors (Lipinski definition) is 1. The highest BCUT2D eigenvalue weighted by molar-refractivity contribution is 9.10. The van der Waals surface area contributed by atoms with Crippen molar-refractivity contribution in [3.63, 3.8) is 0 Å². The molecule has 2 aromatic rings. The lowest BCUT2D eigenvalue weighted by Gasteiger charge is -2.37. The molecule has 1 saturated heterocycles. The minimum absolute atomic E-state index is 0.0365. The molecular formula is C22H27BrN2O4S. The second-order valence-corrected chi connectivity index (χ2v) is 10.8. The monoisotopic (exact) mass is 494 g/mol. The van der Waals surface area contributed by atoms with E-state index >= 15 is 0 Å². The summed E-state index contributed by atoms with van der Waals surface area (Å²) in [6, 6.07) is 14.3. The van der Waals surface area contributed by atoms with Crippen molar-refractivity contribution in [2.45, 2.75) is 36.1 Å². The third kappa shape index (κ3) is 4.61. The minimum atomic E-state index is -3.48. The van der Waals surface area contributed by atoms with E-state index in [2.05, 4.69) is 21.2 Å². The van der Waals surface area contributed by atoms with E-state index in [0.29, 0.717) is 26.1 Å². The maximum Gasteiger partial charge on any atom is 0.242 e. The van der Waals surface area contributed by atoms with E-state index in [1.165, 1.54) is 18.4 Å². The summed E-state index contributed by atoms with van der Waals surface area (Å²) in [6.45, 7) is 2.98. The van der Waals surface area contributed by atoms with Gasteiger partial charge in [-0.05, 0) is 55.2 Å². The zero-order valence-electron chi connectivity index (χ0n) is 17.4. The number of halogens is 1. The highest BCUT2D eigenvalue weighted by atomic mass is 79.9. The summed E-state index contributed by atoms with van der Waals surface area (Å²) >= 11 is 3.45. The van der Waals surface area contributed by atoms with Crippen LogP contribution in [0.4, 0.5) is 0 Å². The standard InChI is InChI=1S/C22H27BrN2O4S/c1-16(17-4-10-20(11-5-17)30(27,28)25(2)3)24-21(26)22(12-14-29-15-13-22)18-6-8-19(23)9-7-18/h4-11,16H,12-15H2,1-3H3,(H,24,26). The van der Waals surface area contributed by atoms with Crippen LogP contribution >= 0.6 is 15.9 Å². The molecule has 1 heterocycles. The maximum atomic E-state index is 13.4. The molecule has 0 radical (unpaired) electrons. The summed E-state index contributed by atoms with van der Waals surface area (Å²) in [6.07, 6.45) is 1.24. The van der Waals surface area contributed by atoms with Gasteiger partial charge in [0.05, 0.1) is 16.4 Å². The molecule has 0 spiro atoms. The van der Waals surface area contributed by atoms with E-state index in [0.717, 1.165) is 15.6 Å². The molecule has 8 heteroatoms. The fourth-order valence-corrected chi connectivity index (χ4v) is 4.86. The van der Waals surface area contributed by atoms with Crippen LogP contribution in [0.1, 0.15) is 36.9 Å². The van der Waals surface area contributed by atoms with Gasteiger partial charge in [0, 0.05) is 31.8 Å². The number of ether oxygens (including phenoxy) is 1. The molecule has 1 atom stereocenters. The number of benzene rings is 2. The largest absolute Gasteiger partial charge is 0.381 e. The topological polar surface area (TPSA) is 75.7 Å². The van der Waals surface area contributed by atoms with Crippen molar-refractivity contribution in [3.8, 4) is 0 Å². The van der Waals surface area contributed by atoms with Gasteiger partial charge in [-0.3, -0.25) is 4.79 Å². The van der Waals surface area contributed by atoms with Crippen molar-refractivity contribution in [2.75, 3.05) is 27.3 Å². The molecule has 0 saturated carbocycles. The first-order chi connectivity index (χ1) is 14.2. The minimum Gasteiger partial charge on any atom is -0.381 e. The molecule has 1 N–H and O–H groups in total. The van der Waals surface area contributed by atoms with E-state index in [1.807, 2.05) is 31.2 Å². The first-order valence-electron chi connectivity index (χ1n) is 9.84. The van der Waals surface area contributed by atoms with Crippen LogP contribution in [0.2, 0.25) is 0 Å². The molecule has 1 amide bonds. The Morgan fingerprint density at radius 2 is 1.63 bits per heavy atom. The van der Waals surface area contributed by atoms with Gasteiger partial charge in [-0.2, -0.15) is 0 Å². The van der Waals surface area contributed by atoms with Crippen molar-refractivity contribution in [1.29, 1.82) is 0 Å². The first-order valence-corrected chi connectivity index (χ1v) is 12.1. The van der Waals surface area contributed by atoms with Crippen LogP contribution in [0.3, 0.4) is 0 Å². The molecular weight excluding hydrogens is 468 g/mol. The summed E-state index contributed by atoms with van der Waals surface area (Å²) in [5.41, 5.74) is 1.19. The average molecular weight is 495 g/mol. The smallest absolute Gasteiger partial charge is 0.242 e. The third-order valence-corrected chi connectivity index (χ3v) is 8.04. The second-order valence-electron chi connectivity index (χ2n) is 7.75. The number of nitrogens with one attached hydrogen (secondary N) is 1. The molecule has 1 aliphatic rings. The average Bonchev–Trinajstić information content (AvgIpc) is 2.74. The zero-order chi connectivity index (χ0) is 21.9. The molecule has 6 nitrogen and oxygen atoms in total. The van der Waals surface area contributed by atoms with Gasteiger partial charge in [0.1, 0.15) is 0 Å². The Morgan fingerprint density at radius 3 is 2.17 bits per heavy atom. The van der Waals surface area contributed by atoms with E-state index in [9.17, 15) is 13.2 Å². The van der Waals surface area contributed by atoms with Gasteiger partial charge in [0.15, 0.2) is 0 Å². The van der Waals surface area contributed by atoms with Gasteiger partial charge in [0.25, 0.3) is 0 Å².